The summed E-state index contributed by atoms with van der Waals surface area (Å²) >= 11 is 0. The number of hydrogen-bond donors (Lipinski definition) is 0. The first kappa shape index (κ1) is 14.2. The average Bonchev–Trinajstić information content (AvgIpc) is 2.09. The Morgan fingerprint density at radius 2 is 1.37 bits per heavy atom. The first-order valence-electron chi connectivity index (χ1n) is 6.90. The average molecular weight is 262 g/mol. The zero-order valence-electron chi connectivity index (χ0n) is 12.3. The van der Waals surface area contributed by atoms with Crippen molar-refractivity contribution in [2.24, 2.45) is 10.8 Å². The highest BCUT2D eigenvalue weighted by atomic mass is 16.2. The number of carbonyl (C=O) groups is 3. The number of rotatable bonds is 0. The van der Waals surface area contributed by atoms with Crippen LogP contribution in [-0.4, -0.2) is 17.3 Å². The molecule has 2 saturated carbocycles. The highest BCUT2D eigenvalue weighted by Gasteiger charge is 2.41. The standard InChI is InChI=1S/C16H22O3/c1-15(2)7-10(5-11(17)8-15)14-13(19)6-12(18)9-16(14,3)4/h5-9H2,1-4H3/b14-10-. The molecule has 19 heavy (non-hydrogen) atoms. The van der Waals surface area contributed by atoms with E-state index in [1.807, 2.05) is 13.8 Å². The van der Waals surface area contributed by atoms with Crippen LogP contribution in [0.15, 0.2) is 11.1 Å². The van der Waals surface area contributed by atoms with Gasteiger partial charge in [0, 0.05) is 30.3 Å². The molecule has 0 bridgehead atoms. The van der Waals surface area contributed by atoms with Crippen LogP contribution in [0.4, 0.5) is 0 Å². The molecule has 0 aromatic carbocycles. The lowest BCUT2D eigenvalue weighted by molar-refractivity contribution is -0.129. The van der Waals surface area contributed by atoms with Gasteiger partial charge in [-0.1, -0.05) is 33.3 Å². The van der Waals surface area contributed by atoms with Gasteiger partial charge in [0.05, 0.1) is 6.42 Å². The van der Waals surface area contributed by atoms with Gasteiger partial charge in [-0.15, -0.1) is 0 Å². The molecule has 0 amide bonds. The van der Waals surface area contributed by atoms with Gasteiger partial charge in [0.25, 0.3) is 0 Å². The second kappa shape index (κ2) is 4.39. The molecule has 2 rings (SSSR count). The summed E-state index contributed by atoms with van der Waals surface area (Å²) < 4.78 is 0. The van der Waals surface area contributed by atoms with E-state index >= 15 is 0 Å². The first-order chi connectivity index (χ1) is 8.61. The van der Waals surface area contributed by atoms with Crippen molar-refractivity contribution >= 4 is 17.3 Å². The molecule has 3 heteroatoms. The Labute approximate surface area is 114 Å². The lowest BCUT2D eigenvalue weighted by Crippen LogP contribution is -2.35. The van der Waals surface area contributed by atoms with Crippen molar-refractivity contribution in [3.63, 3.8) is 0 Å². The number of hydrogen-bond acceptors (Lipinski definition) is 3. The van der Waals surface area contributed by atoms with Crippen molar-refractivity contribution in [3.8, 4) is 0 Å². The van der Waals surface area contributed by atoms with E-state index in [-0.39, 0.29) is 29.2 Å². The molecule has 0 aromatic rings. The van der Waals surface area contributed by atoms with Crippen molar-refractivity contribution in [1.82, 2.24) is 0 Å². The quantitative estimate of drug-likeness (QED) is 0.498. The second-order valence-electron chi connectivity index (χ2n) is 7.41. The molecular formula is C16H22O3. The number of carbonyl (C=O) groups excluding carboxylic acids is 3. The Morgan fingerprint density at radius 1 is 0.789 bits per heavy atom. The highest BCUT2D eigenvalue weighted by molar-refractivity contribution is 6.12. The van der Waals surface area contributed by atoms with Gasteiger partial charge >= 0.3 is 0 Å². The van der Waals surface area contributed by atoms with Crippen molar-refractivity contribution in [3.05, 3.63) is 11.1 Å². The number of ketones is 3. The van der Waals surface area contributed by atoms with E-state index in [2.05, 4.69) is 13.8 Å². The monoisotopic (exact) mass is 262 g/mol. The lowest BCUT2D eigenvalue weighted by atomic mass is 9.65. The van der Waals surface area contributed by atoms with Gasteiger partial charge in [-0.2, -0.15) is 0 Å². The maximum absolute atomic E-state index is 12.2. The van der Waals surface area contributed by atoms with E-state index in [1.54, 1.807) is 0 Å². The van der Waals surface area contributed by atoms with Gasteiger partial charge in [-0.3, -0.25) is 14.4 Å². The predicted octanol–water partition coefficient (Wildman–Crippen LogP) is 3.02. The molecule has 104 valence electrons. The SMILES string of the molecule is CC1(C)CC(=O)C/C(=C2\C(=O)CC(=O)CC2(C)C)C1. The molecule has 2 aliphatic rings. The molecular weight excluding hydrogens is 240 g/mol. The first-order valence-corrected chi connectivity index (χ1v) is 6.90. The minimum atomic E-state index is -0.421. The summed E-state index contributed by atoms with van der Waals surface area (Å²) in [6, 6.07) is 0. The van der Waals surface area contributed by atoms with Crippen molar-refractivity contribution < 1.29 is 14.4 Å². The fourth-order valence-electron chi connectivity index (χ4n) is 3.68. The lowest BCUT2D eigenvalue weighted by Gasteiger charge is -2.37. The zero-order chi connectivity index (χ0) is 14.4. The Balaban J connectivity index is 2.46. The smallest absolute Gasteiger partial charge is 0.166 e. The number of allylic oxidation sites excluding steroid dienone is 2. The molecule has 0 heterocycles. The zero-order valence-corrected chi connectivity index (χ0v) is 12.3. The fourth-order valence-corrected chi connectivity index (χ4v) is 3.68. The van der Waals surface area contributed by atoms with Crippen LogP contribution in [0.5, 0.6) is 0 Å². The van der Waals surface area contributed by atoms with Crippen molar-refractivity contribution in [2.45, 2.75) is 59.8 Å². The largest absolute Gasteiger partial charge is 0.299 e. The predicted molar refractivity (Wildman–Crippen MR) is 72.7 cm³/mol. The molecule has 0 saturated heterocycles. The normalized spacial score (nSPS) is 30.6. The van der Waals surface area contributed by atoms with Gasteiger partial charge < -0.3 is 0 Å². The van der Waals surface area contributed by atoms with Gasteiger partial charge in [0.2, 0.25) is 0 Å². The third kappa shape index (κ3) is 2.85. The maximum atomic E-state index is 12.2. The number of Topliss-reactive ketones (excluding diaryl/α,β-unsaturated/α-hetero) is 3. The molecule has 3 nitrogen and oxygen atoms in total. The third-order valence-electron chi connectivity index (χ3n) is 4.08. The minimum Gasteiger partial charge on any atom is -0.299 e. The summed E-state index contributed by atoms with van der Waals surface area (Å²) in [6.07, 6.45) is 2.18. The Morgan fingerprint density at radius 3 is 1.89 bits per heavy atom. The Hall–Kier alpha value is -1.25. The minimum absolute atomic E-state index is 0.0108. The Kier molecular flexibility index (Phi) is 3.28. The summed E-state index contributed by atoms with van der Waals surface area (Å²) in [5.41, 5.74) is 1.24. The molecule has 0 radical (unpaired) electrons. The fraction of sp³-hybridized carbons (Fsp3) is 0.688. The summed E-state index contributed by atoms with van der Waals surface area (Å²) in [7, 11) is 0. The van der Waals surface area contributed by atoms with E-state index < -0.39 is 5.41 Å². The second-order valence-corrected chi connectivity index (χ2v) is 7.41. The molecule has 0 N–H and O–H groups in total. The topological polar surface area (TPSA) is 51.2 Å². The maximum Gasteiger partial charge on any atom is 0.166 e. The summed E-state index contributed by atoms with van der Waals surface area (Å²) in [5.74, 6) is 0.154. The van der Waals surface area contributed by atoms with E-state index in [0.717, 1.165) is 17.6 Å². The van der Waals surface area contributed by atoms with E-state index in [9.17, 15) is 14.4 Å². The molecule has 0 unspecified atom stereocenters. The van der Waals surface area contributed by atoms with Gasteiger partial charge in [0.1, 0.15) is 11.6 Å². The molecule has 2 fully saturated rings. The Bertz CT molecular complexity index is 492. The summed E-state index contributed by atoms with van der Waals surface area (Å²) in [5, 5.41) is 0. The highest BCUT2D eigenvalue weighted by Crippen LogP contribution is 2.45. The van der Waals surface area contributed by atoms with Gasteiger partial charge in [-0.05, 0) is 11.8 Å². The van der Waals surface area contributed by atoms with E-state index in [4.69, 9.17) is 0 Å². The molecule has 2 aliphatic carbocycles. The van der Waals surface area contributed by atoms with E-state index in [1.165, 1.54) is 0 Å². The summed E-state index contributed by atoms with van der Waals surface area (Å²) in [6.45, 7) is 8.01. The molecule has 0 aromatic heterocycles. The van der Waals surface area contributed by atoms with Crippen LogP contribution in [0.25, 0.3) is 0 Å². The molecule has 0 atom stereocenters. The van der Waals surface area contributed by atoms with Gasteiger partial charge in [-0.25, -0.2) is 0 Å². The van der Waals surface area contributed by atoms with Crippen LogP contribution in [0.3, 0.4) is 0 Å². The van der Waals surface area contributed by atoms with Crippen molar-refractivity contribution in [1.29, 1.82) is 0 Å². The molecule has 0 spiro atoms. The van der Waals surface area contributed by atoms with Crippen LogP contribution in [0.2, 0.25) is 0 Å². The third-order valence-corrected chi connectivity index (χ3v) is 4.08. The van der Waals surface area contributed by atoms with Crippen LogP contribution < -0.4 is 0 Å². The van der Waals surface area contributed by atoms with Crippen LogP contribution >= 0.6 is 0 Å². The summed E-state index contributed by atoms with van der Waals surface area (Å²) in [4.78, 5) is 35.7. The van der Waals surface area contributed by atoms with Crippen molar-refractivity contribution in [2.75, 3.05) is 0 Å². The van der Waals surface area contributed by atoms with Crippen LogP contribution in [0, 0.1) is 10.8 Å². The van der Waals surface area contributed by atoms with E-state index in [0.29, 0.717) is 19.3 Å². The van der Waals surface area contributed by atoms with Crippen LogP contribution in [-0.2, 0) is 14.4 Å². The molecule has 0 aliphatic heterocycles. The van der Waals surface area contributed by atoms with Crippen LogP contribution in [0.1, 0.15) is 59.8 Å². The van der Waals surface area contributed by atoms with Gasteiger partial charge in [0.15, 0.2) is 5.78 Å².